The first-order chi connectivity index (χ1) is 18.8. The summed E-state index contributed by atoms with van der Waals surface area (Å²) in [7, 11) is 5.68. The number of fused-ring (bicyclic) bond motifs is 1. The van der Waals surface area contributed by atoms with Gasteiger partial charge in [-0.2, -0.15) is 0 Å². The number of benzene rings is 2. The fourth-order valence-corrected chi connectivity index (χ4v) is 6.41. The molecule has 0 saturated carbocycles. The number of phenolic OH excluding ortho intramolecular Hbond substituents is 1. The number of ether oxygens (including phenoxy) is 2. The molecular weight excluding hydrogens is 484 g/mol. The molecule has 0 bridgehead atoms. The third-order valence-corrected chi connectivity index (χ3v) is 8.44. The number of methoxy groups -OCH3 is 2. The van der Waals surface area contributed by atoms with Crippen molar-refractivity contribution in [3.63, 3.8) is 0 Å². The van der Waals surface area contributed by atoms with E-state index in [2.05, 4.69) is 80.1 Å². The van der Waals surface area contributed by atoms with Crippen LogP contribution >= 0.6 is 0 Å². The van der Waals surface area contributed by atoms with E-state index in [1.165, 1.54) is 22.3 Å². The predicted molar refractivity (Wildman–Crippen MR) is 160 cm³/mol. The molecular formula is C34H48N2O3. The molecule has 0 saturated heterocycles. The summed E-state index contributed by atoms with van der Waals surface area (Å²) in [6.45, 7) is 10.9. The van der Waals surface area contributed by atoms with Gasteiger partial charge < -0.3 is 19.5 Å². The summed E-state index contributed by atoms with van der Waals surface area (Å²) in [5, 5.41) is 9.96. The average Bonchev–Trinajstić information content (AvgIpc) is 2.94. The maximum atomic E-state index is 9.96. The Kier molecular flexibility index (Phi) is 10.1. The molecule has 2 unspecified atom stereocenters. The molecule has 0 spiro atoms. The van der Waals surface area contributed by atoms with Crippen molar-refractivity contribution in [1.29, 1.82) is 0 Å². The van der Waals surface area contributed by atoms with Crippen LogP contribution in [0.15, 0.2) is 66.1 Å². The van der Waals surface area contributed by atoms with E-state index in [1.54, 1.807) is 14.2 Å². The molecule has 1 N–H and O–H groups in total. The van der Waals surface area contributed by atoms with Crippen molar-refractivity contribution in [2.45, 2.75) is 59.0 Å². The fourth-order valence-electron chi connectivity index (χ4n) is 6.41. The lowest BCUT2D eigenvalue weighted by Crippen LogP contribution is -2.44. The van der Waals surface area contributed by atoms with Gasteiger partial charge in [0.1, 0.15) is 5.75 Å². The first-order valence-electron chi connectivity index (χ1n) is 14.6. The SMILES string of the molecule is CCN(Cc1ccc(CCN(C)CC(C)C)cc1)C1C=C(OC)C(OC)=CC1[C@@H]1CCc2cc(O)ccc2C1. The third-order valence-electron chi connectivity index (χ3n) is 8.44. The molecule has 3 atom stereocenters. The van der Waals surface area contributed by atoms with Crippen LogP contribution in [-0.4, -0.2) is 61.8 Å². The Morgan fingerprint density at radius 3 is 2.31 bits per heavy atom. The van der Waals surface area contributed by atoms with Crippen LogP contribution in [0.1, 0.15) is 49.4 Å². The van der Waals surface area contributed by atoms with E-state index in [0.29, 0.717) is 23.5 Å². The summed E-state index contributed by atoms with van der Waals surface area (Å²) < 4.78 is 11.5. The molecule has 2 aromatic carbocycles. The quantitative estimate of drug-likeness (QED) is 0.352. The topological polar surface area (TPSA) is 45.2 Å². The maximum absolute atomic E-state index is 9.96. The van der Waals surface area contributed by atoms with Gasteiger partial charge in [-0.1, -0.05) is 51.1 Å². The van der Waals surface area contributed by atoms with Gasteiger partial charge in [0.15, 0.2) is 11.5 Å². The zero-order chi connectivity index (χ0) is 27.9. The summed E-state index contributed by atoms with van der Waals surface area (Å²) >= 11 is 0. The number of likely N-dealkylation sites (N-methyl/N-ethyl adjacent to an activating group) is 2. The van der Waals surface area contributed by atoms with Gasteiger partial charge in [-0.25, -0.2) is 0 Å². The van der Waals surface area contributed by atoms with E-state index >= 15 is 0 Å². The van der Waals surface area contributed by atoms with E-state index < -0.39 is 0 Å². The van der Waals surface area contributed by atoms with Gasteiger partial charge in [0.25, 0.3) is 0 Å². The molecule has 39 heavy (non-hydrogen) atoms. The minimum absolute atomic E-state index is 0.219. The first kappa shape index (κ1) is 29.2. The van der Waals surface area contributed by atoms with Gasteiger partial charge in [0.2, 0.25) is 0 Å². The Morgan fingerprint density at radius 1 is 0.949 bits per heavy atom. The second kappa shape index (κ2) is 13.5. The van der Waals surface area contributed by atoms with Gasteiger partial charge in [-0.15, -0.1) is 0 Å². The van der Waals surface area contributed by atoms with Crippen molar-refractivity contribution >= 4 is 0 Å². The van der Waals surface area contributed by atoms with Crippen LogP contribution in [0.2, 0.25) is 0 Å². The predicted octanol–water partition coefficient (Wildman–Crippen LogP) is 6.21. The standard InChI is InChI=1S/C34H48N2O3/c1-7-36(23-26-10-8-25(9-11-26)16-17-35(4)22-24(2)3)32-21-34(39-6)33(38-5)20-31(32)29-13-12-28-19-30(37)15-14-27(28)18-29/h8-11,14-15,19-21,24,29,31-32,37H,7,12-13,16-18,22-23H2,1-6H3/t29-,31?,32?/m1/s1. The number of hydrogen-bond donors (Lipinski definition) is 1. The lowest BCUT2D eigenvalue weighted by atomic mass is 9.72. The van der Waals surface area contributed by atoms with Crippen LogP contribution < -0.4 is 0 Å². The monoisotopic (exact) mass is 532 g/mol. The molecule has 0 radical (unpaired) electrons. The summed E-state index contributed by atoms with van der Waals surface area (Å²) in [5.74, 6) is 3.52. The van der Waals surface area contributed by atoms with E-state index in [-0.39, 0.29) is 6.04 Å². The van der Waals surface area contributed by atoms with E-state index in [4.69, 9.17) is 9.47 Å². The highest BCUT2D eigenvalue weighted by Crippen LogP contribution is 2.39. The first-order valence-corrected chi connectivity index (χ1v) is 14.6. The van der Waals surface area contributed by atoms with Crippen molar-refractivity contribution in [1.82, 2.24) is 9.80 Å². The second-order valence-corrected chi connectivity index (χ2v) is 11.8. The largest absolute Gasteiger partial charge is 0.508 e. The maximum Gasteiger partial charge on any atom is 0.158 e. The molecule has 2 aliphatic rings. The Hall–Kier alpha value is -2.76. The molecule has 5 nitrogen and oxygen atoms in total. The van der Waals surface area contributed by atoms with Crippen molar-refractivity contribution in [3.05, 3.63) is 88.4 Å². The Balaban J connectivity index is 1.50. The number of aryl methyl sites for hydroxylation is 1. The van der Waals surface area contributed by atoms with E-state index in [9.17, 15) is 5.11 Å². The summed E-state index contributed by atoms with van der Waals surface area (Å²) in [6.07, 6.45) is 8.76. The van der Waals surface area contributed by atoms with Crippen molar-refractivity contribution in [2.24, 2.45) is 17.8 Å². The van der Waals surface area contributed by atoms with Gasteiger partial charge in [-0.05, 0) is 97.7 Å². The van der Waals surface area contributed by atoms with Crippen LogP contribution in [-0.2, 0) is 35.3 Å². The highest BCUT2D eigenvalue weighted by Gasteiger charge is 2.36. The lowest BCUT2D eigenvalue weighted by Gasteiger charge is -2.41. The van der Waals surface area contributed by atoms with E-state index in [0.717, 1.165) is 63.4 Å². The minimum Gasteiger partial charge on any atom is -0.508 e. The Labute approximate surface area is 236 Å². The molecule has 0 heterocycles. The number of hydrogen-bond acceptors (Lipinski definition) is 5. The molecule has 0 aliphatic heterocycles. The smallest absolute Gasteiger partial charge is 0.158 e. The molecule has 2 aromatic rings. The minimum atomic E-state index is 0.219. The Bertz CT molecular complexity index is 1140. The summed E-state index contributed by atoms with van der Waals surface area (Å²) in [6, 6.07) is 15.3. The molecule has 5 heteroatoms. The summed E-state index contributed by atoms with van der Waals surface area (Å²) in [5.41, 5.74) is 5.38. The van der Waals surface area contributed by atoms with Gasteiger partial charge in [-0.3, -0.25) is 4.90 Å². The van der Waals surface area contributed by atoms with Crippen molar-refractivity contribution < 1.29 is 14.6 Å². The number of nitrogens with zero attached hydrogens (tertiary/aromatic N) is 2. The van der Waals surface area contributed by atoms with E-state index in [1.807, 2.05) is 12.1 Å². The zero-order valence-corrected chi connectivity index (χ0v) is 24.8. The number of aromatic hydroxyl groups is 1. The summed E-state index contributed by atoms with van der Waals surface area (Å²) in [4.78, 5) is 5.00. The lowest BCUT2D eigenvalue weighted by molar-refractivity contribution is 0.132. The highest BCUT2D eigenvalue weighted by molar-refractivity contribution is 5.38. The highest BCUT2D eigenvalue weighted by atomic mass is 16.5. The van der Waals surface area contributed by atoms with Crippen LogP contribution in [0.3, 0.4) is 0 Å². The Morgan fingerprint density at radius 2 is 1.64 bits per heavy atom. The molecule has 0 fully saturated rings. The van der Waals surface area contributed by atoms with Gasteiger partial charge in [0, 0.05) is 31.6 Å². The third kappa shape index (κ3) is 7.46. The molecule has 212 valence electrons. The van der Waals surface area contributed by atoms with Crippen LogP contribution in [0.25, 0.3) is 0 Å². The molecule has 2 aliphatic carbocycles. The fraction of sp³-hybridized carbons (Fsp3) is 0.529. The zero-order valence-electron chi connectivity index (χ0n) is 24.8. The second-order valence-electron chi connectivity index (χ2n) is 11.8. The van der Waals surface area contributed by atoms with Crippen LogP contribution in [0.5, 0.6) is 5.75 Å². The molecule has 0 amide bonds. The normalized spacial score (nSPS) is 21.1. The number of rotatable bonds is 12. The number of phenols is 1. The average molecular weight is 533 g/mol. The van der Waals surface area contributed by atoms with Crippen molar-refractivity contribution in [2.75, 3.05) is 40.9 Å². The molecule has 4 rings (SSSR count). The van der Waals surface area contributed by atoms with Crippen LogP contribution in [0.4, 0.5) is 0 Å². The van der Waals surface area contributed by atoms with Gasteiger partial charge in [0.05, 0.1) is 14.2 Å². The van der Waals surface area contributed by atoms with Gasteiger partial charge >= 0.3 is 0 Å². The molecule has 0 aromatic heterocycles. The van der Waals surface area contributed by atoms with Crippen LogP contribution in [0, 0.1) is 17.8 Å². The van der Waals surface area contributed by atoms with Crippen molar-refractivity contribution in [3.8, 4) is 5.75 Å².